The molecule has 0 aromatic carbocycles. The summed E-state index contributed by atoms with van der Waals surface area (Å²) in [6, 6.07) is -0.654. The second kappa shape index (κ2) is 6.29. The molecule has 0 aliphatic heterocycles. The SMILES string of the molecule is C#CCN(C)C(=O)N(CC(N)=O)CC(=O)O. The Hall–Kier alpha value is -2.23. The highest BCUT2D eigenvalue weighted by atomic mass is 16.4. The van der Waals surface area contributed by atoms with E-state index in [2.05, 4.69) is 5.92 Å². The number of carboxylic acids is 1. The van der Waals surface area contributed by atoms with Gasteiger partial charge in [0.15, 0.2) is 0 Å². The van der Waals surface area contributed by atoms with Crippen LogP contribution in [0.25, 0.3) is 0 Å². The van der Waals surface area contributed by atoms with E-state index in [1.165, 1.54) is 7.05 Å². The lowest BCUT2D eigenvalue weighted by Crippen LogP contribution is -2.47. The Balaban J connectivity index is 4.61. The van der Waals surface area contributed by atoms with E-state index in [0.29, 0.717) is 0 Å². The molecule has 0 rings (SSSR count). The van der Waals surface area contributed by atoms with Crippen molar-refractivity contribution in [1.82, 2.24) is 9.80 Å². The highest BCUT2D eigenvalue weighted by Crippen LogP contribution is 1.96. The summed E-state index contributed by atoms with van der Waals surface area (Å²) < 4.78 is 0. The zero-order valence-electron chi connectivity index (χ0n) is 8.84. The number of carbonyl (C=O) groups is 3. The number of carbonyl (C=O) groups excluding carboxylic acids is 2. The maximum Gasteiger partial charge on any atom is 0.323 e. The van der Waals surface area contributed by atoms with Gasteiger partial charge in [-0.15, -0.1) is 6.42 Å². The molecule has 0 fully saturated rings. The molecule has 0 saturated carbocycles. The monoisotopic (exact) mass is 227 g/mol. The number of nitrogens with zero attached hydrogens (tertiary/aromatic N) is 2. The zero-order chi connectivity index (χ0) is 12.7. The molecule has 0 radical (unpaired) electrons. The molecule has 0 heterocycles. The topological polar surface area (TPSA) is 104 Å². The minimum absolute atomic E-state index is 0.0215. The first-order chi connectivity index (χ1) is 7.38. The van der Waals surface area contributed by atoms with E-state index in [1.54, 1.807) is 0 Å². The molecule has 0 bridgehead atoms. The molecule has 7 heteroatoms. The highest BCUT2D eigenvalue weighted by molar-refractivity contribution is 5.85. The summed E-state index contributed by atoms with van der Waals surface area (Å²) in [5.74, 6) is 0.204. The first-order valence-electron chi connectivity index (χ1n) is 4.32. The fourth-order valence-electron chi connectivity index (χ4n) is 0.989. The first-order valence-corrected chi connectivity index (χ1v) is 4.32. The molecule has 3 amide bonds. The summed E-state index contributed by atoms with van der Waals surface area (Å²) in [5.41, 5.74) is 4.90. The minimum Gasteiger partial charge on any atom is -0.480 e. The number of hydrogen-bond donors (Lipinski definition) is 2. The summed E-state index contributed by atoms with van der Waals surface area (Å²) in [7, 11) is 1.40. The van der Waals surface area contributed by atoms with E-state index in [9.17, 15) is 14.4 Å². The van der Waals surface area contributed by atoms with Gasteiger partial charge >= 0.3 is 12.0 Å². The molecule has 16 heavy (non-hydrogen) atoms. The lowest BCUT2D eigenvalue weighted by molar-refractivity contribution is -0.138. The van der Waals surface area contributed by atoms with Crippen LogP contribution < -0.4 is 5.73 Å². The van der Waals surface area contributed by atoms with E-state index in [4.69, 9.17) is 17.3 Å². The molecule has 0 atom stereocenters. The van der Waals surface area contributed by atoms with Crippen molar-refractivity contribution in [2.45, 2.75) is 0 Å². The Morgan fingerprint density at radius 3 is 2.31 bits per heavy atom. The third kappa shape index (κ3) is 4.85. The number of rotatable bonds is 5. The molecular weight excluding hydrogens is 214 g/mol. The Kier molecular flexibility index (Phi) is 5.41. The number of urea groups is 1. The maximum atomic E-state index is 11.6. The number of nitrogens with two attached hydrogens (primary N) is 1. The normalized spacial score (nSPS) is 9.00. The van der Waals surface area contributed by atoms with Crippen LogP contribution in [-0.4, -0.2) is 59.5 Å². The number of aliphatic carboxylic acids is 1. The lowest BCUT2D eigenvalue weighted by Gasteiger charge is -2.24. The van der Waals surface area contributed by atoms with Crippen LogP contribution in [0.2, 0.25) is 0 Å². The van der Waals surface area contributed by atoms with Crippen LogP contribution in [0.5, 0.6) is 0 Å². The average Bonchev–Trinajstić information content (AvgIpc) is 2.14. The van der Waals surface area contributed by atoms with Gasteiger partial charge in [-0.25, -0.2) is 4.79 Å². The standard InChI is InChI=1S/C9H13N3O4/c1-3-4-11(2)9(16)12(5-7(10)13)6-8(14)15/h1H,4-6H2,2H3,(H2,10,13)(H,14,15). The highest BCUT2D eigenvalue weighted by Gasteiger charge is 2.21. The van der Waals surface area contributed by atoms with Crippen molar-refractivity contribution in [3.8, 4) is 12.3 Å². The molecule has 0 saturated heterocycles. The van der Waals surface area contributed by atoms with Crippen molar-refractivity contribution in [3.05, 3.63) is 0 Å². The molecule has 0 aliphatic rings. The third-order valence-electron chi connectivity index (χ3n) is 1.60. The Labute approximate surface area is 92.8 Å². The van der Waals surface area contributed by atoms with E-state index >= 15 is 0 Å². The van der Waals surface area contributed by atoms with Crippen LogP contribution in [0.3, 0.4) is 0 Å². The number of terminal acetylenes is 1. The predicted octanol–water partition coefficient (Wildman–Crippen LogP) is -1.46. The van der Waals surface area contributed by atoms with Gasteiger partial charge in [0.05, 0.1) is 6.54 Å². The van der Waals surface area contributed by atoms with Crippen LogP contribution in [0.4, 0.5) is 4.79 Å². The minimum atomic E-state index is -1.23. The summed E-state index contributed by atoms with van der Waals surface area (Å²) in [4.78, 5) is 34.6. The Morgan fingerprint density at radius 2 is 1.94 bits per heavy atom. The number of carboxylic acid groups (broad SMARTS) is 1. The number of primary amides is 1. The van der Waals surface area contributed by atoms with E-state index in [1.807, 2.05) is 0 Å². The molecule has 88 valence electrons. The molecule has 0 aromatic heterocycles. The molecule has 0 spiro atoms. The zero-order valence-corrected chi connectivity index (χ0v) is 8.84. The fraction of sp³-hybridized carbons (Fsp3) is 0.444. The van der Waals surface area contributed by atoms with Gasteiger partial charge in [-0.3, -0.25) is 9.59 Å². The summed E-state index contributed by atoms with van der Waals surface area (Å²) in [6.45, 7) is -1.04. The van der Waals surface area contributed by atoms with Crippen molar-refractivity contribution in [2.75, 3.05) is 26.7 Å². The number of hydrogen-bond acceptors (Lipinski definition) is 3. The van der Waals surface area contributed by atoms with Gasteiger partial charge in [0.2, 0.25) is 5.91 Å². The van der Waals surface area contributed by atoms with Crippen LogP contribution in [0, 0.1) is 12.3 Å². The van der Waals surface area contributed by atoms with Gasteiger partial charge in [-0.2, -0.15) is 0 Å². The smallest absolute Gasteiger partial charge is 0.323 e. The van der Waals surface area contributed by atoms with Gasteiger partial charge in [-0.05, 0) is 0 Å². The summed E-state index contributed by atoms with van der Waals surface area (Å²) in [6.07, 6.45) is 5.00. The van der Waals surface area contributed by atoms with Gasteiger partial charge in [-0.1, -0.05) is 5.92 Å². The van der Waals surface area contributed by atoms with Crippen molar-refractivity contribution < 1.29 is 19.5 Å². The average molecular weight is 227 g/mol. The van der Waals surface area contributed by atoms with Gasteiger partial charge < -0.3 is 20.6 Å². The molecule has 0 unspecified atom stereocenters. The summed E-state index contributed by atoms with van der Waals surface area (Å²) >= 11 is 0. The molecule has 0 aliphatic carbocycles. The van der Waals surface area contributed by atoms with E-state index in [0.717, 1.165) is 9.80 Å². The maximum absolute atomic E-state index is 11.6. The molecular formula is C9H13N3O4. The quantitative estimate of drug-likeness (QED) is 0.560. The second-order valence-corrected chi connectivity index (χ2v) is 3.06. The van der Waals surface area contributed by atoms with Crippen LogP contribution >= 0.6 is 0 Å². The largest absolute Gasteiger partial charge is 0.480 e. The second-order valence-electron chi connectivity index (χ2n) is 3.06. The Morgan fingerprint density at radius 1 is 1.38 bits per heavy atom. The van der Waals surface area contributed by atoms with Crippen LogP contribution in [0.1, 0.15) is 0 Å². The van der Waals surface area contributed by atoms with Crippen molar-refractivity contribution in [1.29, 1.82) is 0 Å². The first kappa shape index (κ1) is 13.8. The van der Waals surface area contributed by atoms with Gasteiger partial charge in [0, 0.05) is 7.05 Å². The van der Waals surface area contributed by atoms with Crippen LogP contribution in [-0.2, 0) is 9.59 Å². The third-order valence-corrected chi connectivity index (χ3v) is 1.60. The summed E-state index contributed by atoms with van der Waals surface area (Å²) in [5, 5.41) is 8.55. The van der Waals surface area contributed by atoms with Gasteiger partial charge in [0.25, 0.3) is 0 Å². The molecule has 7 nitrogen and oxygen atoms in total. The van der Waals surface area contributed by atoms with Crippen molar-refractivity contribution >= 4 is 17.9 Å². The fourth-order valence-corrected chi connectivity index (χ4v) is 0.989. The van der Waals surface area contributed by atoms with Crippen molar-refractivity contribution in [3.63, 3.8) is 0 Å². The number of amides is 3. The molecule has 0 aromatic rings. The van der Waals surface area contributed by atoms with Crippen molar-refractivity contribution in [2.24, 2.45) is 5.73 Å². The van der Waals surface area contributed by atoms with Gasteiger partial charge in [0.1, 0.15) is 13.1 Å². The van der Waals surface area contributed by atoms with Crippen LogP contribution in [0.15, 0.2) is 0 Å². The predicted molar refractivity (Wildman–Crippen MR) is 55.3 cm³/mol. The lowest BCUT2D eigenvalue weighted by atomic mass is 10.4. The van der Waals surface area contributed by atoms with E-state index in [-0.39, 0.29) is 6.54 Å². The Bertz CT molecular complexity index is 318. The van der Waals surface area contributed by atoms with E-state index < -0.39 is 31.0 Å². The molecule has 3 N–H and O–H groups in total.